The zero-order valence-corrected chi connectivity index (χ0v) is 35.0. The number of para-hydroxylation sites is 1. The minimum absolute atomic E-state index is 0.156. The second-order valence-corrected chi connectivity index (χ2v) is 17.1. The van der Waals surface area contributed by atoms with Gasteiger partial charge in [-0.05, 0) is 138 Å². The van der Waals surface area contributed by atoms with E-state index in [2.05, 4.69) is 26.2 Å². The van der Waals surface area contributed by atoms with Crippen LogP contribution in [0.2, 0.25) is 0 Å². The number of fused-ring (bicyclic) bond motifs is 2. The summed E-state index contributed by atoms with van der Waals surface area (Å²) in [5.41, 5.74) is 5.40. The van der Waals surface area contributed by atoms with Crippen molar-refractivity contribution >= 4 is 50.3 Å². The fourth-order valence-electron chi connectivity index (χ4n) is 7.94. The molecule has 12 heteroatoms. The molecule has 4 heterocycles. The molecule has 1 unspecified atom stereocenters. The molecule has 1 amide bonds. The van der Waals surface area contributed by atoms with Crippen molar-refractivity contribution in [1.82, 2.24) is 14.9 Å². The van der Waals surface area contributed by atoms with Crippen LogP contribution in [-0.4, -0.2) is 77.7 Å². The molecule has 0 spiro atoms. The Kier molecular flexibility index (Phi) is 12.7. The quantitative estimate of drug-likeness (QED) is 0.0913. The van der Waals surface area contributed by atoms with Crippen LogP contribution in [-0.2, 0) is 27.2 Å². The number of nitrogens with one attached hydrogen (secondary N) is 1. The molecule has 304 valence electrons. The summed E-state index contributed by atoms with van der Waals surface area (Å²) < 4.78 is 18.4. The molecular weight excluding hydrogens is 751 g/mol. The summed E-state index contributed by atoms with van der Waals surface area (Å²) in [6, 6.07) is 23.5. The van der Waals surface area contributed by atoms with E-state index in [0.717, 1.165) is 77.0 Å². The third-order valence-electron chi connectivity index (χ3n) is 10.7. The molecule has 3 aromatic carbocycles. The number of carbonyl (C=O) groups excluding carboxylic acids is 3. The number of anilines is 2. The van der Waals surface area contributed by atoms with Crippen molar-refractivity contribution in [2.24, 2.45) is 5.92 Å². The number of hydrogen-bond acceptors (Lipinski definition) is 11. The zero-order chi connectivity index (χ0) is 40.8. The van der Waals surface area contributed by atoms with Gasteiger partial charge in [-0.25, -0.2) is 14.8 Å². The number of pyridine rings is 1. The van der Waals surface area contributed by atoms with Crippen LogP contribution in [0, 0.1) is 12.8 Å². The topological polar surface area (TPSA) is 123 Å². The van der Waals surface area contributed by atoms with Gasteiger partial charge in [0, 0.05) is 30.8 Å². The maximum atomic E-state index is 13.9. The number of nitrogens with zero attached hydrogens (tertiary/aromatic N) is 4. The normalized spacial score (nSPS) is 15.8. The molecule has 2 aliphatic heterocycles. The smallest absolute Gasteiger partial charge is 0.358 e. The maximum Gasteiger partial charge on any atom is 0.358 e. The highest BCUT2D eigenvalue weighted by Crippen LogP contribution is 2.36. The minimum Gasteiger partial charge on any atom is -0.493 e. The fourth-order valence-corrected chi connectivity index (χ4v) is 8.80. The molecule has 1 atom stereocenters. The van der Waals surface area contributed by atoms with Crippen LogP contribution in [0.5, 0.6) is 5.75 Å². The van der Waals surface area contributed by atoms with Gasteiger partial charge in [0.25, 0.3) is 5.91 Å². The van der Waals surface area contributed by atoms with Gasteiger partial charge in [0.15, 0.2) is 10.8 Å². The van der Waals surface area contributed by atoms with Crippen molar-refractivity contribution in [1.29, 1.82) is 0 Å². The Labute approximate surface area is 344 Å². The van der Waals surface area contributed by atoms with Gasteiger partial charge >= 0.3 is 11.9 Å². The van der Waals surface area contributed by atoms with E-state index in [9.17, 15) is 14.4 Å². The number of hydrogen-bond donors (Lipinski definition) is 1. The predicted octanol–water partition coefficient (Wildman–Crippen LogP) is 8.87. The van der Waals surface area contributed by atoms with Crippen LogP contribution in [0.15, 0.2) is 72.8 Å². The molecule has 5 aromatic rings. The second-order valence-electron chi connectivity index (χ2n) is 16.1. The second kappa shape index (κ2) is 18.1. The maximum absolute atomic E-state index is 13.9. The summed E-state index contributed by atoms with van der Waals surface area (Å²) in [5.74, 6) is 1.03. The highest BCUT2D eigenvalue weighted by molar-refractivity contribution is 7.22. The molecule has 0 radical (unpaired) electrons. The SMILES string of the molecule is CCOC(=O)CN1CCCC(CCCOc2cccc(-c3ccc(N4CCc5cccc(C(=O)Nc6nc7ccccc7s6)c5C4)nc3C(=O)OC(C)(C)C)c2C)C1. The molecule has 0 saturated carbocycles. The summed E-state index contributed by atoms with van der Waals surface area (Å²) in [4.78, 5) is 53.5. The number of likely N-dealkylation sites (tertiary alicyclic amines) is 1. The number of piperidine rings is 1. The number of carbonyl (C=O) groups is 3. The van der Waals surface area contributed by atoms with Crippen LogP contribution in [0.4, 0.5) is 10.9 Å². The Morgan fingerprint density at radius 2 is 1.78 bits per heavy atom. The van der Waals surface area contributed by atoms with Gasteiger partial charge in [-0.2, -0.15) is 0 Å². The average Bonchev–Trinajstić information content (AvgIpc) is 3.61. The predicted molar refractivity (Wildman–Crippen MR) is 229 cm³/mol. The van der Waals surface area contributed by atoms with Gasteiger partial charge in [0.05, 0.1) is 30.0 Å². The highest BCUT2D eigenvalue weighted by atomic mass is 32.1. The lowest BCUT2D eigenvalue weighted by Gasteiger charge is -2.32. The molecule has 1 saturated heterocycles. The first kappa shape index (κ1) is 40.9. The van der Waals surface area contributed by atoms with Crippen molar-refractivity contribution in [3.63, 3.8) is 0 Å². The molecule has 2 aliphatic rings. The Hall–Kier alpha value is -5.33. The van der Waals surface area contributed by atoms with Gasteiger partial charge in [0.2, 0.25) is 0 Å². The van der Waals surface area contributed by atoms with Gasteiger partial charge < -0.3 is 19.1 Å². The van der Waals surface area contributed by atoms with Crippen LogP contribution in [0.1, 0.15) is 90.9 Å². The standard InChI is InChI=1S/C46H53N5O6S/c1-6-55-41(52)29-50-24-11-13-31(27-50)14-12-26-56-38-19-10-16-33(30(38)2)34-21-22-40(48-42(34)44(54)57-46(3,4)5)51-25-23-32-15-9-17-35(36(32)28-51)43(53)49-45-47-37-18-7-8-20-39(37)58-45/h7-10,15-22,31H,6,11-14,23-29H2,1-5H3,(H,47,49,53). The van der Waals surface area contributed by atoms with E-state index in [0.29, 0.717) is 67.3 Å². The third-order valence-corrected chi connectivity index (χ3v) is 11.6. The number of benzene rings is 3. The lowest BCUT2D eigenvalue weighted by atomic mass is 9.93. The van der Waals surface area contributed by atoms with E-state index in [1.165, 1.54) is 11.3 Å². The Bertz CT molecular complexity index is 2250. The molecule has 0 aliphatic carbocycles. The lowest BCUT2D eigenvalue weighted by molar-refractivity contribution is -0.144. The number of thiazole rings is 1. The summed E-state index contributed by atoms with van der Waals surface area (Å²) in [5, 5.41) is 3.58. The van der Waals surface area contributed by atoms with Gasteiger partial charge in [-0.3, -0.25) is 19.8 Å². The van der Waals surface area contributed by atoms with Gasteiger partial charge in [-0.15, -0.1) is 0 Å². The van der Waals surface area contributed by atoms with E-state index in [1.54, 1.807) is 0 Å². The van der Waals surface area contributed by atoms with Crippen molar-refractivity contribution in [3.05, 3.63) is 101 Å². The largest absolute Gasteiger partial charge is 0.493 e. The van der Waals surface area contributed by atoms with Crippen molar-refractivity contribution in [3.8, 4) is 16.9 Å². The van der Waals surface area contributed by atoms with Gasteiger partial charge in [0.1, 0.15) is 17.2 Å². The van der Waals surface area contributed by atoms with E-state index in [-0.39, 0.29) is 17.6 Å². The van der Waals surface area contributed by atoms with E-state index >= 15 is 0 Å². The molecule has 7 rings (SSSR count). The average molecular weight is 804 g/mol. The number of aromatic nitrogens is 2. The summed E-state index contributed by atoms with van der Waals surface area (Å²) in [6.07, 6.45) is 4.85. The number of rotatable bonds is 13. The van der Waals surface area contributed by atoms with Crippen LogP contribution < -0.4 is 15.0 Å². The fraction of sp³-hybridized carbons (Fsp3) is 0.413. The molecule has 11 nitrogen and oxygen atoms in total. The van der Waals surface area contributed by atoms with Crippen molar-refractivity contribution < 1.29 is 28.6 Å². The number of esters is 2. The first-order valence-corrected chi connectivity index (χ1v) is 21.1. The van der Waals surface area contributed by atoms with Crippen LogP contribution in [0.25, 0.3) is 21.3 Å². The lowest BCUT2D eigenvalue weighted by Crippen LogP contribution is -2.39. The molecular formula is C46H53N5O6S. The summed E-state index contributed by atoms with van der Waals surface area (Å²) in [6.45, 7) is 13.7. The van der Waals surface area contributed by atoms with Crippen molar-refractivity contribution in [2.45, 2.75) is 78.9 Å². The minimum atomic E-state index is -0.726. The molecule has 0 bridgehead atoms. The van der Waals surface area contributed by atoms with Crippen LogP contribution in [0.3, 0.4) is 0 Å². The number of ether oxygens (including phenoxy) is 3. The van der Waals surface area contributed by atoms with E-state index in [4.69, 9.17) is 19.2 Å². The molecule has 1 N–H and O–H groups in total. The first-order valence-electron chi connectivity index (χ1n) is 20.3. The van der Waals surface area contributed by atoms with E-state index in [1.807, 2.05) is 101 Å². The number of amides is 1. The summed E-state index contributed by atoms with van der Waals surface area (Å²) >= 11 is 1.45. The Morgan fingerprint density at radius 1 is 0.948 bits per heavy atom. The monoisotopic (exact) mass is 803 g/mol. The van der Waals surface area contributed by atoms with Crippen molar-refractivity contribution in [2.75, 3.05) is 49.6 Å². The van der Waals surface area contributed by atoms with E-state index < -0.39 is 11.6 Å². The zero-order valence-electron chi connectivity index (χ0n) is 34.1. The molecule has 58 heavy (non-hydrogen) atoms. The molecule has 2 aromatic heterocycles. The third kappa shape index (κ3) is 9.85. The Balaban J connectivity index is 1.07. The van der Waals surface area contributed by atoms with Crippen LogP contribution >= 0.6 is 11.3 Å². The van der Waals surface area contributed by atoms with Gasteiger partial charge in [-0.1, -0.05) is 47.7 Å². The summed E-state index contributed by atoms with van der Waals surface area (Å²) in [7, 11) is 0. The first-order chi connectivity index (χ1) is 28.0. The molecule has 1 fully saturated rings. The Morgan fingerprint density at radius 3 is 2.59 bits per heavy atom. The highest BCUT2D eigenvalue weighted by Gasteiger charge is 2.28.